The number of carboxylic acid groups (broad SMARTS) is 1. The quantitative estimate of drug-likeness (QED) is 0.302. The molecule has 188 valence electrons. The van der Waals surface area contributed by atoms with Crippen molar-refractivity contribution in [3.05, 3.63) is 70.8 Å². The lowest BCUT2D eigenvalue weighted by Gasteiger charge is -2.29. The molecule has 10 heteroatoms. The van der Waals surface area contributed by atoms with E-state index in [1.54, 1.807) is 32.0 Å². The molecule has 1 unspecified atom stereocenters. The first-order valence-corrected chi connectivity index (χ1v) is 14.8. The first-order valence-electron chi connectivity index (χ1n) is 11.2. The number of sulfonamides is 1. The Bertz CT molecular complexity index is 1120. The summed E-state index contributed by atoms with van der Waals surface area (Å²) in [5.74, 6) is -4.55. The Balaban J connectivity index is 2.18. The highest BCUT2D eigenvalue weighted by atomic mass is 32.2. The second-order valence-corrected chi connectivity index (χ2v) is 13.2. The van der Waals surface area contributed by atoms with E-state index >= 15 is 0 Å². The van der Waals surface area contributed by atoms with E-state index in [-0.39, 0.29) is 12.3 Å². The number of aryl methyl sites for hydroxylation is 2. The Kier molecular flexibility index (Phi) is 10.0. The molecule has 2 aromatic carbocycles. The molecule has 3 atom stereocenters. The van der Waals surface area contributed by atoms with Gasteiger partial charge in [0.2, 0.25) is 17.4 Å². The maximum Gasteiger partial charge on any atom is 0.311 e. The van der Waals surface area contributed by atoms with E-state index in [0.29, 0.717) is 18.4 Å². The summed E-state index contributed by atoms with van der Waals surface area (Å²) in [6, 6.07) is 14.4. The maximum atomic E-state index is 13.4. The number of nitrogens with two attached hydrogens (primary N) is 1. The predicted molar refractivity (Wildman–Crippen MR) is 134 cm³/mol. The van der Waals surface area contributed by atoms with Crippen LogP contribution in [0.5, 0.6) is 0 Å². The van der Waals surface area contributed by atoms with Gasteiger partial charge in [0.15, 0.2) is 0 Å². The predicted octanol–water partition coefficient (Wildman–Crippen LogP) is 3.43. The van der Waals surface area contributed by atoms with Gasteiger partial charge >= 0.3 is 5.97 Å². The van der Waals surface area contributed by atoms with Crippen LogP contribution in [-0.4, -0.2) is 42.1 Å². The van der Waals surface area contributed by atoms with Crippen LogP contribution in [0.2, 0.25) is 0 Å². The number of carboxylic acids is 1. The molecule has 2 aromatic rings. The van der Waals surface area contributed by atoms with Gasteiger partial charge in [0.1, 0.15) is 5.78 Å². The first kappa shape index (κ1) is 28.2. The number of rotatable bonds is 13. The van der Waals surface area contributed by atoms with Crippen LogP contribution in [0.4, 0.5) is 0 Å². The standard InChI is InChI=1S/C24H35N2O6PS/c1-17(2)23(26-34(31,32)13-7-10-19-8-5-4-6-9-19)33(29,30)16-22(24(27)28)20-12-11-18(3)21(14-20)15-25/h4-6,8-9,11-12,14,17,22-23,26H,7,10,13,15-16,25H2,1-3H3,(H,27,28)(H,29,30)/t22-,23+/m0/s1. The lowest BCUT2D eigenvalue weighted by Crippen LogP contribution is -2.41. The van der Waals surface area contributed by atoms with Crippen molar-refractivity contribution in [2.45, 2.75) is 51.9 Å². The molecule has 0 aliphatic rings. The third kappa shape index (κ3) is 8.03. The summed E-state index contributed by atoms with van der Waals surface area (Å²) in [7, 11) is -8.12. The zero-order valence-electron chi connectivity index (χ0n) is 19.8. The number of hydrogen-bond acceptors (Lipinski definition) is 5. The molecular formula is C24H35N2O6PS. The Hall–Kier alpha value is -2.03. The van der Waals surface area contributed by atoms with E-state index in [9.17, 15) is 27.8 Å². The summed E-state index contributed by atoms with van der Waals surface area (Å²) in [6.07, 6.45) is 0.316. The SMILES string of the molecule is Cc1ccc([C@H](CP(=O)(O)[C@@H](NS(=O)(=O)CCCc2ccccc2)C(C)C)C(=O)O)cc1CN. The summed E-state index contributed by atoms with van der Waals surface area (Å²) in [6.45, 7) is 5.32. The number of carbonyl (C=O) groups is 1. The van der Waals surface area contributed by atoms with Gasteiger partial charge in [0, 0.05) is 12.7 Å². The lowest BCUT2D eigenvalue weighted by atomic mass is 9.96. The van der Waals surface area contributed by atoms with Gasteiger partial charge in [-0.15, -0.1) is 0 Å². The average Bonchev–Trinajstić information content (AvgIpc) is 2.76. The summed E-state index contributed by atoms with van der Waals surface area (Å²) in [4.78, 5) is 22.9. The molecule has 0 spiro atoms. The van der Waals surface area contributed by atoms with Crippen LogP contribution in [0.15, 0.2) is 48.5 Å². The van der Waals surface area contributed by atoms with Crippen LogP contribution in [0.25, 0.3) is 0 Å². The third-order valence-electron chi connectivity index (χ3n) is 5.83. The van der Waals surface area contributed by atoms with Gasteiger partial charge in [-0.05, 0) is 47.9 Å². The minimum absolute atomic E-state index is 0.203. The molecule has 0 aromatic heterocycles. The molecule has 0 fully saturated rings. The van der Waals surface area contributed by atoms with Gasteiger partial charge in [-0.3, -0.25) is 9.36 Å². The van der Waals surface area contributed by atoms with Crippen molar-refractivity contribution in [3.63, 3.8) is 0 Å². The first-order chi connectivity index (χ1) is 15.9. The van der Waals surface area contributed by atoms with E-state index in [4.69, 9.17) is 5.73 Å². The molecular weight excluding hydrogens is 475 g/mol. The van der Waals surface area contributed by atoms with Gasteiger partial charge in [0.25, 0.3) is 0 Å². The summed E-state index contributed by atoms with van der Waals surface area (Å²) < 4.78 is 41.2. The molecule has 34 heavy (non-hydrogen) atoms. The van der Waals surface area contributed by atoms with E-state index in [1.165, 1.54) is 0 Å². The fourth-order valence-corrected chi connectivity index (χ4v) is 8.34. The summed E-state index contributed by atoms with van der Waals surface area (Å²) >= 11 is 0. The molecule has 0 saturated heterocycles. The Morgan fingerprint density at radius 1 is 1.15 bits per heavy atom. The van der Waals surface area contributed by atoms with Crippen molar-refractivity contribution in [1.29, 1.82) is 0 Å². The fourth-order valence-electron chi connectivity index (χ4n) is 3.87. The topological polar surface area (TPSA) is 147 Å². The number of aliphatic carboxylic acids is 1. The second-order valence-electron chi connectivity index (χ2n) is 8.93. The molecule has 2 rings (SSSR count). The van der Waals surface area contributed by atoms with Crippen molar-refractivity contribution in [3.8, 4) is 0 Å². The Morgan fingerprint density at radius 2 is 1.79 bits per heavy atom. The molecule has 0 aliphatic carbocycles. The number of nitrogens with one attached hydrogen (secondary N) is 1. The fraction of sp³-hybridized carbons (Fsp3) is 0.458. The maximum absolute atomic E-state index is 13.4. The lowest BCUT2D eigenvalue weighted by molar-refractivity contribution is -0.138. The molecule has 0 heterocycles. The number of hydrogen-bond donors (Lipinski definition) is 4. The van der Waals surface area contributed by atoms with Crippen LogP contribution in [0, 0.1) is 12.8 Å². The van der Waals surface area contributed by atoms with Gasteiger partial charge in [0.05, 0.1) is 11.7 Å². The molecule has 0 bridgehead atoms. The van der Waals surface area contributed by atoms with E-state index in [2.05, 4.69) is 4.72 Å². The van der Waals surface area contributed by atoms with Crippen LogP contribution in [0.1, 0.15) is 48.4 Å². The van der Waals surface area contributed by atoms with Crippen LogP contribution in [0.3, 0.4) is 0 Å². The molecule has 0 saturated carbocycles. The Labute approximate surface area is 202 Å². The molecule has 0 radical (unpaired) electrons. The summed E-state index contributed by atoms with van der Waals surface area (Å²) in [5.41, 5.74) is 8.74. The van der Waals surface area contributed by atoms with Crippen LogP contribution in [-0.2, 0) is 32.3 Å². The van der Waals surface area contributed by atoms with E-state index in [1.807, 2.05) is 37.3 Å². The Morgan fingerprint density at radius 3 is 2.35 bits per heavy atom. The van der Waals surface area contributed by atoms with Gasteiger partial charge in [-0.25, -0.2) is 13.1 Å². The third-order valence-corrected chi connectivity index (χ3v) is 9.92. The minimum atomic E-state index is -4.26. The van der Waals surface area contributed by atoms with Crippen molar-refractivity contribution in [2.75, 3.05) is 11.9 Å². The van der Waals surface area contributed by atoms with Gasteiger partial charge < -0.3 is 15.7 Å². The van der Waals surface area contributed by atoms with E-state index in [0.717, 1.165) is 16.7 Å². The average molecular weight is 511 g/mol. The minimum Gasteiger partial charge on any atom is -0.481 e. The zero-order chi connectivity index (χ0) is 25.5. The van der Waals surface area contributed by atoms with Crippen molar-refractivity contribution >= 4 is 23.4 Å². The highest BCUT2D eigenvalue weighted by Crippen LogP contribution is 2.51. The van der Waals surface area contributed by atoms with Crippen molar-refractivity contribution in [1.82, 2.24) is 4.72 Å². The molecule has 8 nitrogen and oxygen atoms in total. The van der Waals surface area contributed by atoms with Crippen LogP contribution >= 0.6 is 7.37 Å². The molecule has 5 N–H and O–H groups in total. The zero-order valence-corrected chi connectivity index (χ0v) is 21.6. The normalized spacial score (nSPS) is 15.6. The second kappa shape index (κ2) is 12.1. The number of benzene rings is 2. The molecule has 0 amide bonds. The monoisotopic (exact) mass is 510 g/mol. The smallest absolute Gasteiger partial charge is 0.311 e. The summed E-state index contributed by atoms with van der Waals surface area (Å²) in [5, 5.41) is 9.80. The largest absolute Gasteiger partial charge is 0.481 e. The van der Waals surface area contributed by atoms with Gasteiger partial charge in [-0.1, -0.05) is 62.4 Å². The van der Waals surface area contributed by atoms with Crippen molar-refractivity contribution < 1.29 is 27.8 Å². The van der Waals surface area contributed by atoms with E-state index < -0.39 is 47.1 Å². The highest BCUT2D eigenvalue weighted by Gasteiger charge is 2.40. The van der Waals surface area contributed by atoms with Crippen molar-refractivity contribution in [2.24, 2.45) is 11.7 Å². The molecule has 0 aliphatic heterocycles. The van der Waals surface area contributed by atoms with Crippen LogP contribution < -0.4 is 10.5 Å². The van der Waals surface area contributed by atoms with Gasteiger partial charge in [-0.2, -0.15) is 0 Å². The highest BCUT2D eigenvalue weighted by molar-refractivity contribution is 7.89.